The third-order valence-electron chi connectivity index (χ3n) is 4.11. The molecule has 1 aliphatic rings. The Morgan fingerprint density at radius 2 is 1.92 bits per heavy atom. The number of carbonyl (C=O) groups excluding carboxylic acids is 2. The predicted octanol–water partition coefficient (Wildman–Crippen LogP) is 2.43. The molecule has 0 aliphatic carbocycles. The first-order chi connectivity index (χ1) is 11.6. The molecule has 0 radical (unpaired) electrons. The highest BCUT2D eigenvalue weighted by molar-refractivity contribution is 5.98. The Morgan fingerprint density at radius 1 is 1.17 bits per heavy atom. The van der Waals surface area contributed by atoms with Gasteiger partial charge in [0.1, 0.15) is 5.75 Å². The van der Waals surface area contributed by atoms with E-state index in [1.807, 2.05) is 55.5 Å². The average molecular weight is 324 g/mol. The third kappa shape index (κ3) is 3.56. The van der Waals surface area contributed by atoms with Crippen LogP contribution >= 0.6 is 0 Å². The Labute approximate surface area is 141 Å². The lowest BCUT2D eigenvalue weighted by atomic mass is 10.1. The van der Waals surface area contributed by atoms with Gasteiger partial charge in [0.25, 0.3) is 5.91 Å². The second-order valence-electron chi connectivity index (χ2n) is 5.75. The number of benzene rings is 2. The first-order valence-electron chi connectivity index (χ1n) is 7.98. The summed E-state index contributed by atoms with van der Waals surface area (Å²) >= 11 is 0. The number of anilines is 1. The molecule has 0 unspecified atom stereocenters. The standard InChI is InChI=1S/C19H20N2O3/c1-14-6-2-3-7-15(14)12-20-18(22)10-11-21-16-8-4-5-9-17(16)24-13-19(21)23/h2-9H,10-13H2,1H3,(H,20,22). The van der Waals surface area contributed by atoms with Gasteiger partial charge in [-0.2, -0.15) is 0 Å². The number of aryl methyl sites for hydroxylation is 1. The van der Waals surface area contributed by atoms with Crippen LogP contribution in [0, 0.1) is 6.92 Å². The van der Waals surface area contributed by atoms with E-state index >= 15 is 0 Å². The van der Waals surface area contributed by atoms with E-state index in [0.717, 1.165) is 16.8 Å². The number of nitrogens with zero attached hydrogens (tertiary/aromatic N) is 1. The van der Waals surface area contributed by atoms with E-state index in [4.69, 9.17) is 4.74 Å². The van der Waals surface area contributed by atoms with Crippen molar-refractivity contribution in [3.05, 3.63) is 59.7 Å². The van der Waals surface area contributed by atoms with Gasteiger partial charge in [-0.25, -0.2) is 0 Å². The van der Waals surface area contributed by atoms with Gasteiger partial charge in [0.05, 0.1) is 5.69 Å². The molecule has 1 heterocycles. The quantitative estimate of drug-likeness (QED) is 0.919. The summed E-state index contributed by atoms with van der Waals surface area (Å²) in [6.07, 6.45) is 0.256. The number of carbonyl (C=O) groups is 2. The number of amides is 2. The van der Waals surface area contributed by atoms with Gasteiger partial charge in [-0.05, 0) is 30.2 Å². The fourth-order valence-electron chi connectivity index (χ4n) is 2.70. The van der Waals surface area contributed by atoms with Gasteiger partial charge in [-0.15, -0.1) is 0 Å². The van der Waals surface area contributed by atoms with Crippen molar-refractivity contribution in [1.29, 1.82) is 0 Å². The van der Waals surface area contributed by atoms with Crippen molar-refractivity contribution in [2.45, 2.75) is 19.9 Å². The smallest absolute Gasteiger partial charge is 0.265 e. The normalized spacial score (nSPS) is 13.2. The number of nitrogens with one attached hydrogen (secondary N) is 1. The maximum absolute atomic E-state index is 12.1. The van der Waals surface area contributed by atoms with Gasteiger partial charge in [0.2, 0.25) is 5.91 Å². The Balaban J connectivity index is 1.57. The number of hydrogen-bond donors (Lipinski definition) is 1. The molecule has 2 amide bonds. The summed E-state index contributed by atoms with van der Waals surface area (Å²) in [6, 6.07) is 15.3. The van der Waals surface area contributed by atoms with Gasteiger partial charge < -0.3 is 15.0 Å². The predicted molar refractivity (Wildman–Crippen MR) is 91.9 cm³/mol. The van der Waals surface area contributed by atoms with Crippen molar-refractivity contribution < 1.29 is 14.3 Å². The van der Waals surface area contributed by atoms with E-state index in [1.165, 1.54) is 0 Å². The highest BCUT2D eigenvalue weighted by atomic mass is 16.5. The summed E-state index contributed by atoms with van der Waals surface area (Å²) in [5.41, 5.74) is 2.97. The first kappa shape index (κ1) is 16.1. The van der Waals surface area contributed by atoms with Gasteiger partial charge >= 0.3 is 0 Å². The summed E-state index contributed by atoms with van der Waals surface area (Å²) in [7, 11) is 0. The second kappa shape index (κ2) is 7.17. The van der Waals surface area contributed by atoms with Crippen LogP contribution < -0.4 is 15.0 Å². The van der Waals surface area contributed by atoms with Crippen LogP contribution in [0.3, 0.4) is 0 Å². The van der Waals surface area contributed by atoms with Crippen molar-refractivity contribution >= 4 is 17.5 Å². The molecule has 5 heteroatoms. The molecular formula is C19H20N2O3. The van der Waals surface area contributed by atoms with E-state index in [-0.39, 0.29) is 24.8 Å². The minimum absolute atomic E-state index is 0.0157. The zero-order valence-corrected chi connectivity index (χ0v) is 13.6. The molecule has 2 aromatic rings. The van der Waals surface area contributed by atoms with Crippen LogP contribution in [0.5, 0.6) is 5.75 Å². The van der Waals surface area contributed by atoms with Crippen molar-refractivity contribution in [1.82, 2.24) is 5.32 Å². The van der Waals surface area contributed by atoms with E-state index in [0.29, 0.717) is 18.8 Å². The number of hydrogen-bond acceptors (Lipinski definition) is 3. The van der Waals surface area contributed by atoms with Crippen LogP contribution in [-0.4, -0.2) is 25.0 Å². The van der Waals surface area contributed by atoms with Crippen LogP contribution in [0.15, 0.2) is 48.5 Å². The first-order valence-corrected chi connectivity index (χ1v) is 7.98. The van der Waals surface area contributed by atoms with E-state index in [1.54, 1.807) is 4.90 Å². The molecule has 3 rings (SSSR count). The maximum atomic E-state index is 12.1. The Bertz CT molecular complexity index is 758. The maximum Gasteiger partial charge on any atom is 0.265 e. The molecule has 0 atom stereocenters. The molecule has 0 aromatic heterocycles. The zero-order chi connectivity index (χ0) is 16.9. The Morgan fingerprint density at radius 3 is 2.75 bits per heavy atom. The van der Waals surface area contributed by atoms with E-state index in [9.17, 15) is 9.59 Å². The number of ether oxygens (including phenoxy) is 1. The molecule has 1 N–H and O–H groups in total. The van der Waals surface area contributed by atoms with Gasteiger partial charge in [-0.1, -0.05) is 36.4 Å². The minimum atomic E-state index is -0.125. The number of rotatable bonds is 5. The molecule has 0 fully saturated rings. The van der Waals surface area contributed by atoms with Crippen molar-refractivity contribution in [3.8, 4) is 5.75 Å². The molecular weight excluding hydrogens is 304 g/mol. The molecule has 0 bridgehead atoms. The summed E-state index contributed by atoms with van der Waals surface area (Å²) in [6.45, 7) is 2.88. The fraction of sp³-hybridized carbons (Fsp3) is 0.263. The minimum Gasteiger partial charge on any atom is -0.482 e. The van der Waals surface area contributed by atoms with Gasteiger partial charge in [0.15, 0.2) is 6.61 Å². The van der Waals surface area contributed by atoms with E-state index in [2.05, 4.69) is 5.32 Å². The van der Waals surface area contributed by atoms with Gasteiger partial charge in [0, 0.05) is 19.5 Å². The molecule has 24 heavy (non-hydrogen) atoms. The molecule has 5 nitrogen and oxygen atoms in total. The van der Waals surface area contributed by atoms with Crippen molar-refractivity contribution in [2.75, 3.05) is 18.1 Å². The monoisotopic (exact) mass is 324 g/mol. The van der Waals surface area contributed by atoms with Crippen LogP contribution in [0.2, 0.25) is 0 Å². The molecule has 2 aromatic carbocycles. The highest BCUT2D eigenvalue weighted by Crippen LogP contribution is 2.31. The van der Waals surface area contributed by atoms with Gasteiger partial charge in [-0.3, -0.25) is 9.59 Å². The topological polar surface area (TPSA) is 58.6 Å². The Kier molecular flexibility index (Phi) is 4.79. The lowest BCUT2D eigenvalue weighted by Gasteiger charge is -2.29. The lowest BCUT2D eigenvalue weighted by molar-refractivity contribution is -0.122. The summed E-state index contributed by atoms with van der Waals surface area (Å²) in [5.74, 6) is 0.479. The highest BCUT2D eigenvalue weighted by Gasteiger charge is 2.25. The zero-order valence-electron chi connectivity index (χ0n) is 13.6. The second-order valence-corrected chi connectivity index (χ2v) is 5.75. The summed E-state index contributed by atoms with van der Waals surface area (Å²) < 4.78 is 5.40. The molecule has 0 saturated carbocycles. The Hall–Kier alpha value is -2.82. The van der Waals surface area contributed by atoms with E-state index < -0.39 is 0 Å². The summed E-state index contributed by atoms with van der Waals surface area (Å²) in [4.78, 5) is 25.8. The SMILES string of the molecule is Cc1ccccc1CNC(=O)CCN1C(=O)COc2ccccc21. The van der Waals surface area contributed by atoms with Crippen LogP contribution in [0.1, 0.15) is 17.5 Å². The number of fused-ring (bicyclic) bond motifs is 1. The van der Waals surface area contributed by atoms with Crippen LogP contribution in [-0.2, 0) is 16.1 Å². The van der Waals surface area contributed by atoms with Crippen LogP contribution in [0.4, 0.5) is 5.69 Å². The van der Waals surface area contributed by atoms with Crippen molar-refractivity contribution in [2.24, 2.45) is 0 Å². The summed E-state index contributed by atoms with van der Waals surface area (Å²) in [5, 5.41) is 2.91. The fourth-order valence-corrected chi connectivity index (χ4v) is 2.70. The third-order valence-corrected chi connectivity index (χ3v) is 4.11. The molecule has 0 saturated heterocycles. The molecule has 1 aliphatic heterocycles. The molecule has 0 spiro atoms. The lowest BCUT2D eigenvalue weighted by Crippen LogP contribution is -2.41. The average Bonchev–Trinajstić information content (AvgIpc) is 2.60. The van der Waals surface area contributed by atoms with Crippen molar-refractivity contribution in [3.63, 3.8) is 0 Å². The van der Waals surface area contributed by atoms with Crippen LogP contribution in [0.25, 0.3) is 0 Å². The molecule has 124 valence electrons. The largest absolute Gasteiger partial charge is 0.482 e. The number of para-hydroxylation sites is 2.